The highest BCUT2D eigenvalue weighted by Crippen LogP contribution is 2.31. The van der Waals surface area contributed by atoms with Crippen LogP contribution in [-0.2, 0) is 14.3 Å². The van der Waals surface area contributed by atoms with Crippen LogP contribution in [-0.4, -0.2) is 53.6 Å². The quantitative estimate of drug-likeness (QED) is 0.222. The zero-order valence-corrected chi connectivity index (χ0v) is 23.2. The Labute approximate surface area is 210 Å². The van der Waals surface area contributed by atoms with E-state index in [2.05, 4.69) is 32.7 Å². The Morgan fingerprint density at radius 3 is 2.35 bits per heavy atom. The molecule has 1 aromatic heterocycles. The zero-order chi connectivity index (χ0) is 25.7. The summed E-state index contributed by atoms with van der Waals surface area (Å²) in [5, 5.41) is 2.45. The minimum atomic E-state index is -0.516. The van der Waals surface area contributed by atoms with Gasteiger partial charge in [-0.2, -0.15) is 0 Å². The number of esters is 1. The number of amides is 1. The number of hydrogen-bond acceptors (Lipinski definition) is 7. The average Bonchev–Trinajstić information content (AvgIpc) is 3.31. The number of thiazole rings is 1. The fourth-order valence-corrected chi connectivity index (χ4v) is 4.84. The van der Waals surface area contributed by atoms with E-state index in [1.165, 1.54) is 11.3 Å². The van der Waals surface area contributed by atoms with E-state index in [0.29, 0.717) is 31.9 Å². The molecule has 8 heteroatoms. The Balaban J connectivity index is 3.20. The fourth-order valence-electron chi connectivity index (χ4n) is 3.99. The van der Waals surface area contributed by atoms with E-state index < -0.39 is 12.0 Å². The lowest BCUT2D eigenvalue weighted by Gasteiger charge is -2.38. The number of nitrogens with two attached hydrogens (primary N) is 1. The maximum absolute atomic E-state index is 13.6. The van der Waals surface area contributed by atoms with Gasteiger partial charge in [-0.3, -0.25) is 4.79 Å². The summed E-state index contributed by atoms with van der Waals surface area (Å²) in [6, 6.07) is -0.561. The predicted octanol–water partition coefficient (Wildman–Crippen LogP) is 5.59. The molecule has 4 atom stereocenters. The van der Waals surface area contributed by atoms with Crippen molar-refractivity contribution in [2.45, 2.75) is 105 Å². The molecular weight excluding hydrogens is 450 g/mol. The van der Waals surface area contributed by atoms with Gasteiger partial charge in [-0.15, -0.1) is 11.3 Å². The molecule has 7 nitrogen and oxygen atoms in total. The second-order valence-corrected chi connectivity index (χ2v) is 10.2. The third-order valence-electron chi connectivity index (χ3n) is 6.35. The van der Waals surface area contributed by atoms with Crippen molar-refractivity contribution in [2.24, 2.45) is 17.6 Å². The molecular formula is C26H47N3O4S. The van der Waals surface area contributed by atoms with Crippen LogP contribution in [0.5, 0.6) is 0 Å². The SMILES string of the molecule is CCCCCCN(C(=O)C(N)C(C)CC)C(CC(OCC)c1nc(C(=O)OCC)cs1)C(C)C. The number of unbranched alkanes of at least 4 members (excludes halogenated alkanes) is 3. The molecule has 34 heavy (non-hydrogen) atoms. The summed E-state index contributed by atoms with van der Waals surface area (Å²) in [6.45, 7) is 15.8. The van der Waals surface area contributed by atoms with Crippen molar-refractivity contribution in [3.05, 3.63) is 16.1 Å². The van der Waals surface area contributed by atoms with Gasteiger partial charge in [0.25, 0.3) is 0 Å². The number of aromatic nitrogens is 1. The minimum absolute atomic E-state index is 0.0196. The van der Waals surface area contributed by atoms with Gasteiger partial charge in [0.2, 0.25) is 5.91 Å². The summed E-state index contributed by atoms with van der Waals surface area (Å²) >= 11 is 1.40. The lowest BCUT2D eigenvalue weighted by molar-refractivity contribution is -0.138. The first kappa shape index (κ1) is 30.5. The van der Waals surface area contributed by atoms with E-state index in [1.807, 2.05) is 18.7 Å². The van der Waals surface area contributed by atoms with Gasteiger partial charge in [0.15, 0.2) is 5.69 Å². The summed E-state index contributed by atoms with van der Waals surface area (Å²) in [7, 11) is 0. The van der Waals surface area contributed by atoms with Crippen molar-refractivity contribution in [1.82, 2.24) is 9.88 Å². The van der Waals surface area contributed by atoms with Gasteiger partial charge in [-0.05, 0) is 32.1 Å². The number of ether oxygens (including phenoxy) is 2. The Morgan fingerprint density at radius 2 is 1.79 bits per heavy atom. The molecule has 1 aromatic rings. The normalized spacial score (nSPS) is 15.1. The summed E-state index contributed by atoms with van der Waals surface area (Å²) in [6.07, 6.45) is 5.51. The molecule has 0 saturated heterocycles. The highest BCUT2D eigenvalue weighted by atomic mass is 32.1. The van der Waals surface area contributed by atoms with Gasteiger partial charge >= 0.3 is 5.97 Å². The molecule has 196 valence electrons. The Morgan fingerprint density at radius 1 is 1.09 bits per heavy atom. The standard InChI is InChI=1S/C26H47N3O4S/c1-8-12-13-14-15-29(25(30)23(27)19(7)9-2)21(18(5)6)16-22(32-10-3)24-28-20(17-34-24)26(31)33-11-4/h17-19,21-23H,8-16,27H2,1-7H3. The molecule has 0 aliphatic heterocycles. The van der Waals surface area contributed by atoms with Crippen LogP contribution in [0.25, 0.3) is 0 Å². The van der Waals surface area contributed by atoms with Crippen molar-refractivity contribution in [1.29, 1.82) is 0 Å². The summed E-state index contributed by atoms with van der Waals surface area (Å²) in [4.78, 5) is 32.2. The molecule has 0 spiro atoms. The van der Waals surface area contributed by atoms with Crippen molar-refractivity contribution in [2.75, 3.05) is 19.8 Å². The lowest BCUT2D eigenvalue weighted by Crippen LogP contribution is -2.53. The lowest BCUT2D eigenvalue weighted by atomic mass is 9.92. The maximum atomic E-state index is 13.6. The minimum Gasteiger partial charge on any atom is -0.461 e. The number of nitrogens with zero attached hydrogens (tertiary/aromatic N) is 2. The van der Waals surface area contributed by atoms with Crippen LogP contribution in [0, 0.1) is 11.8 Å². The third-order valence-corrected chi connectivity index (χ3v) is 7.29. The van der Waals surface area contributed by atoms with E-state index in [-0.39, 0.29) is 29.9 Å². The predicted molar refractivity (Wildman–Crippen MR) is 139 cm³/mol. The van der Waals surface area contributed by atoms with Crippen LogP contribution in [0.15, 0.2) is 5.38 Å². The Hall–Kier alpha value is -1.51. The largest absolute Gasteiger partial charge is 0.461 e. The van der Waals surface area contributed by atoms with Crippen molar-refractivity contribution in [3.63, 3.8) is 0 Å². The molecule has 1 rings (SSSR count). The van der Waals surface area contributed by atoms with Gasteiger partial charge in [0, 0.05) is 31.0 Å². The third kappa shape index (κ3) is 9.27. The van der Waals surface area contributed by atoms with E-state index in [1.54, 1.807) is 12.3 Å². The maximum Gasteiger partial charge on any atom is 0.357 e. The first-order chi connectivity index (χ1) is 16.2. The molecule has 0 aromatic carbocycles. The zero-order valence-electron chi connectivity index (χ0n) is 22.3. The topological polar surface area (TPSA) is 94.8 Å². The second kappa shape index (κ2) is 16.2. The second-order valence-electron chi connectivity index (χ2n) is 9.29. The van der Waals surface area contributed by atoms with Crippen molar-refractivity contribution in [3.8, 4) is 0 Å². The molecule has 0 radical (unpaired) electrons. The molecule has 2 N–H and O–H groups in total. The summed E-state index contributed by atoms with van der Waals surface area (Å²) in [5.74, 6) is -0.0713. The van der Waals surface area contributed by atoms with Crippen LogP contribution in [0.1, 0.15) is 109 Å². The fraction of sp³-hybridized carbons (Fsp3) is 0.808. The molecule has 4 unspecified atom stereocenters. The van der Waals surface area contributed by atoms with Crippen LogP contribution in [0.2, 0.25) is 0 Å². The smallest absolute Gasteiger partial charge is 0.357 e. The molecule has 1 heterocycles. The molecule has 0 fully saturated rings. The Bertz CT molecular complexity index is 725. The van der Waals surface area contributed by atoms with Crippen molar-refractivity contribution >= 4 is 23.2 Å². The van der Waals surface area contributed by atoms with E-state index in [9.17, 15) is 9.59 Å². The molecule has 0 bridgehead atoms. The van der Waals surface area contributed by atoms with E-state index in [0.717, 1.165) is 37.1 Å². The first-order valence-electron chi connectivity index (χ1n) is 13.0. The highest BCUT2D eigenvalue weighted by molar-refractivity contribution is 7.09. The molecule has 0 aliphatic rings. The van der Waals surface area contributed by atoms with E-state index in [4.69, 9.17) is 15.2 Å². The van der Waals surface area contributed by atoms with E-state index >= 15 is 0 Å². The van der Waals surface area contributed by atoms with Crippen LogP contribution in [0.3, 0.4) is 0 Å². The summed E-state index contributed by atoms with van der Waals surface area (Å²) < 4.78 is 11.2. The van der Waals surface area contributed by atoms with Gasteiger partial charge in [-0.1, -0.05) is 60.3 Å². The highest BCUT2D eigenvalue weighted by Gasteiger charge is 2.34. The van der Waals surface area contributed by atoms with Gasteiger partial charge in [0.05, 0.1) is 12.6 Å². The number of rotatable bonds is 17. The molecule has 1 amide bonds. The van der Waals surface area contributed by atoms with Gasteiger partial charge in [0.1, 0.15) is 11.1 Å². The summed E-state index contributed by atoms with van der Waals surface area (Å²) in [5.41, 5.74) is 6.73. The van der Waals surface area contributed by atoms with Gasteiger partial charge in [-0.25, -0.2) is 9.78 Å². The number of carbonyl (C=O) groups excluding carboxylic acids is 2. The Kier molecular flexibility index (Phi) is 14.6. The average molecular weight is 498 g/mol. The van der Waals surface area contributed by atoms with Crippen LogP contribution in [0.4, 0.5) is 0 Å². The van der Waals surface area contributed by atoms with Crippen LogP contribution < -0.4 is 5.73 Å². The first-order valence-corrected chi connectivity index (χ1v) is 13.9. The molecule has 0 saturated carbocycles. The number of hydrogen-bond donors (Lipinski definition) is 1. The van der Waals surface area contributed by atoms with Crippen molar-refractivity contribution < 1.29 is 19.1 Å². The number of carbonyl (C=O) groups is 2. The van der Waals surface area contributed by atoms with Gasteiger partial charge < -0.3 is 20.1 Å². The van der Waals surface area contributed by atoms with Crippen LogP contribution >= 0.6 is 11.3 Å². The monoisotopic (exact) mass is 497 g/mol. The molecule has 0 aliphatic carbocycles.